The summed E-state index contributed by atoms with van der Waals surface area (Å²) in [6.07, 6.45) is 51.0. The van der Waals surface area contributed by atoms with Crippen molar-refractivity contribution in [3.63, 3.8) is 0 Å². The minimum absolute atomic E-state index is 0.107. The van der Waals surface area contributed by atoms with E-state index in [2.05, 4.69) is 41.5 Å². The van der Waals surface area contributed by atoms with Crippen LogP contribution in [-0.4, -0.2) is 96.7 Å². The molecule has 0 aliphatic rings. The number of carbonyl (C=O) groups excluding carboxylic acids is 4. The molecule has 546 valence electrons. The van der Waals surface area contributed by atoms with Gasteiger partial charge >= 0.3 is 39.5 Å². The summed E-state index contributed by atoms with van der Waals surface area (Å²) < 4.78 is 68.4. The zero-order valence-electron chi connectivity index (χ0n) is 59.9. The lowest BCUT2D eigenvalue weighted by molar-refractivity contribution is -0.161. The average molecular weight is 1350 g/mol. The Morgan fingerprint density at radius 2 is 0.522 bits per heavy atom. The van der Waals surface area contributed by atoms with Gasteiger partial charge in [-0.25, -0.2) is 9.13 Å². The van der Waals surface area contributed by atoms with E-state index in [1.54, 1.807) is 0 Å². The Balaban J connectivity index is 5.28. The zero-order valence-corrected chi connectivity index (χ0v) is 61.6. The molecule has 3 N–H and O–H groups in total. The fourth-order valence-electron chi connectivity index (χ4n) is 11.1. The maximum Gasteiger partial charge on any atom is 0.472 e. The fourth-order valence-corrected chi connectivity index (χ4v) is 12.6. The number of ether oxygens (including phenoxy) is 4. The number of hydrogen-bond donors (Lipinski definition) is 3. The Bertz CT molecular complexity index is 1790. The molecule has 0 spiro atoms. The first-order valence-electron chi connectivity index (χ1n) is 38.1. The molecule has 0 rings (SSSR count). The van der Waals surface area contributed by atoms with E-state index < -0.39 is 97.5 Å². The molecule has 0 aliphatic carbocycles. The highest BCUT2D eigenvalue weighted by molar-refractivity contribution is 7.47. The molecule has 0 amide bonds. The predicted molar refractivity (Wildman–Crippen MR) is 372 cm³/mol. The topological polar surface area (TPSA) is 237 Å². The predicted octanol–water partition coefficient (Wildman–Crippen LogP) is 21.2. The third-order valence-electron chi connectivity index (χ3n) is 17.7. The van der Waals surface area contributed by atoms with Crippen molar-refractivity contribution in [2.75, 3.05) is 39.6 Å². The standard InChI is InChI=1S/C73H142O17P2/c1-7-11-13-15-17-19-21-23-25-30-37-43-49-55-70(75)83-61-68(90-73(78)58-52-46-40-32-28-27-29-35-41-47-53-65(5)9-3)63-87-91(79,80)85-59-67(74)60-86-92(81,82)88-64-69(62-84-71(76)56-50-44-38-34-33-36-42-48-54-66(6)10-4)89-72(77)57-51-45-39-31-26-24-22-20-18-16-14-12-8-2/h65-69,74H,7-64H2,1-6H3,(H,79,80)(H,81,82)/t65?,66?,67-,68-,69-/m1/s1. The third-order valence-corrected chi connectivity index (χ3v) is 19.6. The lowest BCUT2D eigenvalue weighted by atomic mass is 9.99. The highest BCUT2D eigenvalue weighted by atomic mass is 31.2. The van der Waals surface area contributed by atoms with Crippen LogP contribution in [0.3, 0.4) is 0 Å². The first-order chi connectivity index (χ1) is 44.4. The molecular weight excluding hydrogens is 1210 g/mol. The van der Waals surface area contributed by atoms with Crippen molar-refractivity contribution in [1.29, 1.82) is 0 Å². The Morgan fingerprint density at radius 1 is 0.304 bits per heavy atom. The molecule has 0 radical (unpaired) electrons. The number of unbranched alkanes of at least 4 members (excludes halogenated alkanes) is 40. The summed E-state index contributed by atoms with van der Waals surface area (Å²) in [6, 6.07) is 0. The smallest absolute Gasteiger partial charge is 0.462 e. The van der Waals surface area contributed by atoms with E-state index in [1.165, 1.54) is 193 Å². The van der Waals surface area contributed by atoms with E-state index in [-0.39, 0.29) is 25.7 Å². The van der Waals surface area contributed by atoms with Crippen LogP contribution >= 0.6 is 15.6 Å². The van der Waals surface area contributed by atoms with Gasteiger partial charge in [-0.15, -0.1) is 0 Å². The SMILES string of the molecule is CCCCCCCCCCCCCCCC(=O)OC[C@H](COP(=O)(O)OC[C@@H](O)COP(=O)(O)OC[C@@H](COC(=O)CCCCCCCCCCC(C)CC)OC(=O)CCCCCCCCCCCCCCC)OC(=O)CCCCCCCCCCCCC(C)CC. The summed E-state index contributed by atoms with van der Waals surface area (Å²) in [5, 5.41) is 10.6. The number of aliphatic hydroxyl groups is 1. The fraction of sp³-hybridized carbons (Fsp3) is 0.945. The van der Waals surface area contributed by atoms with Gasteiger partial charge in [0.2, 0.25) is 0 Å². The normalized spacial score (nSPS) is 14.7. The molecule has 0 heterocycles. The lowest BCUT2D eigenvalue weighted by Gasteiger charge is -2.21. The molecule has 17 nitrogen and oxygen atoms in total. The largest absolute Gasteiger partial charge is 0.472 e. The second kappa shape index (κ2) is 65.0. The van der Waals surface area contributed by atoms with Crippen molar-refractivity contribution in [2.45, 2.75) is 394 Å². The molecule has 92 heavy (non-hydrogen) atoms. The van der Waals surface area contributed by atoms with E-state index in [9.17, 15) is 43.2 Å². The van der Waals surface area contributed by atoms with Gasteiger partial charge in [-0.3, -0.25) is 37.3 Å². The molecule has 7 atom stereocenters. The number of carbonyl (C=O) groups is 4. The molecule has 0 aromatic carbocycles. The maximum atomic E-state index is 13.0. The van der Waals surface area contributed by atoms with Crippen LogP contribution in [0.25, 0.3) is 0 Å². The molecule has 0 saturated carbocycles. The van der Waals surface area contributed by atoms with Crippen molar-refractivity contribution >= 4 is 39.5 Å². The molecule has 0 aromatic rings. The number of aliphatic hydroxyl groups excluding tert-OH is 1. The minimum Gasteiger partial charge on any atom is -0.462 e. The molecule has 19 heteroatoms. The molecule has 0 aromatic heterocycles. The minimum atomic E-state index is -4.95. The van der Waals surface area contributed by atoms with E-state index in [0.717, 1.165) is 102 Å². The van der Waals surface area contributed by atoms with Gasteiger partial charge in [0.1, 0.15) is 19.3 Å². The highest BCUT2D eigenvalue weighted by Crippen LogP contribution is 2.45. The Kier molecular flexibility index (Phi) is 63.7. The summed E-state index contributed by atoms with van der Waals surface area (Å²) in [7, 11) is -9.91. The van der Waals surface area contributed by atoms with Gasteiger partial charge in [0.05, 0.1) is 26.4 Å². The molecule has 0 fully saturated rings. The van der Waals surface area contributed by atoms with Crippen LogP contribution in [0, 0.1) is 11.8 Å². The van der Waals surface area contributed by atoms with Gasteiger partial charge in [0.25, 0.3) is 0 Å². The average Bonchev–Trinajstić information content (AvgIpc) is 3.73. The zero-order chi connectivity index (χ0) is 67.9. The molecule has 0 bridgehead atoms. The van der Waals surface area contributed by atoms with Crippen LogP contribution in [0.1, 0.15) is 375 Å². The molecule has 4 unspecified atom stereocenters. The van der Waals surface area contributed by atoms with Crippen molar-refractivity contribution in [2.24, 2.45) is 11.8 Å². The van der Waals surface area contributed by atoms with Crippen LogP contribution < -0.4 is 0 Å². The van der Waals surface area contributed by atoms with Crippen molar-refractivity contribution in [1.82, 2.24) is 0 Å². The summed E-state index contributed by atoms with van der Waals surface area (Å²) in [4.78, 5) is 72.7. The quantitative estimate of drug-likeness (QED) is 0.0222. The van der Waals surface area contributed by atoms with E-state index in [0.29, 0.717) is 25.7 Å². The number of hydrogen-bond acceptors (Lipinski definition) is 15. The number of esters is 4. The Morgan fingerprint density at radius 3 is 0.772 bits per heavy atom. The van der Waals surface area contributed by atoms with Gasteiger partial charge in [0.15, 0.2) is 12.2 Å². The van der Waals surface area contributed by atoms with Gasteiger partial charge in [-0.05, 0) is 37.5 Å². The molecule has 0 aliphatic heterocycles. The Hall–Kier alpha value is -1.94. The van der Waals surface area contributed by atoms with Crippen molar-refractivity contribution in [3.05, 3.63) is 0 Å². The van der Waals surface area contributed by atoms with Gasteiger partial charge in [-0.1, -0.05) is 324 Å². The van der Waals surface area contributed by atoms with Crippen molar-refractivity contribution < 1.29 is 80.2 Å². The molecular formula is C73H142O17P2. The lowest BCUT2D eigenvalue weighted by Crippen LogP contribution is -2.30. The first kappa shape index (κ1) is 90.1. The van der Waals surface area contributed by atoms with Gasteiger partial charge in [-0.2, -0.15) is 0 Å². The van der Waals surface area contributed by atoms with Crippen molar-refractivity contribution in [3.8, 4) is 0 Å². The summed E-state index contributed by atoms with van der Waals surface area (Å²) in [5.74, 6) is -0.537. The molecule has 0 saturated heterocycles. The van der Waals surface area contributed by atoms with Gasteiger partial charge < -0.3 is 33.8 Å². The second-order valence-electron chi connectivity index (χ2n) is 26.8. The number of phosphoric ester groups is 2. The Labute approximate surface area is 562 Å². The number of phosphoric acid groups is 2. The highest BCUT2D eigenvalue weighted by Gasteiger charge is 2.30. The first-order valence-corrected chi connectivity index (χ1v) is 41.1. The van der Waals surface area contributed by atoms with Gasteiger partial charge in [0, 0.05) is 25.7 Å². The van der Waals surface area contributed by atoms with E-state index in [4.69, 9.17) is 37.0 Å². The summed E-state index contributed by atoms with van der Waals surface area (Å²) in [6.45, 7) is 9.61. The van der Waals surface area contributed by atoms with Crippen LogP contribution in [0.4, 0.5) is 0 Å². The van der Waals surface area contributed by atoms with Crippen LogP contribution in [-0.2, 0) is 65.4 Å². The number of rotatable bonds is 72. The second-order valence-corrected chi connectivity index (χ2v) is 29.7. The maximum absolute atomic E-state index is 13.0. The monoisotopic (exact) mass is 1350 g/mol. The van der Waals surface area contributed by atoms with Crippen LogP contribution in [0.5, 0.6) is 0 Å². The summed E-state index contributed by atoms with van der Waals surface area (Å²) in [5.41, 5.74) is 0. The van der Waals surface area contributed by atoms with E-state index in [1.807, 2.05) is 0 Å². The van der Waals surface area contributed by atoms with Crippen LogP contribution in [0.15, 0.2) is 0 Å². The third kappa shape index (κ3) is 64.1. The van der Waals surface area contributed by atoms with Crippen LogP contribution in [0.2, 0.25) is 0 Å². The summed E-state index contributed by atoms with van der Waals surface area (Å²) >= 11 is 0. The van der Waals surface area contributed by atoms with E-state index >= 15 is 0 Å².